The lowest BCUT2D eigenvalue weighted by Gasteiger charge is -2.16. The first-order chi connectivity index (χ1) is 12.7. The first kappa shape index (κ1) is 16.7. The van der Waals surface area contributed by atoms with Crippen molar-refractivity contribution in [1.29, 1.82) is 0 Å². The van der Waals surface area contributed by atoms with E-state index in [1.165, 1.54) is 6.07 Å². The molecule has 0 aliphatic heterocycles. The second-order valence-electron chi connectivity index (χ2n) is 6.63. The number of aromatic nitrogens is 4. The molecule has 0 amide bonds. The molecule has 0 saturated heterocycles. The Labute approximate surface area is 150 Å². The molecule has 6 nitrogen and oxygen atoms in total. The van der Waals surface area contributed by atoms with Crippen molar-refractivity contribution < 1.29 is 9.50 Å². The van der Waals surface area contributed by atoms with Crippen LogP contribution in [0.15, 0.2) is 55.0 Å². The van der Waals surface area contributed by atoms with Crippen molar-refractivity contribution in [2.45, 2.75) is 31.5 Å². The van der Waals surface area contributed by atoms with E-state index >= 15 is 0 Å². The maximum Gasteiger partial charge on any atom is 0.223 e. The highest BCUT2D eigenvalue weighted by atomic mass is 19.1. The Balaban J connectivity index is 1.46. The van der Waals surface area contributed by atoms with E-state index in [0.717, 1.165) is 13.0 Å². The Morgan fingerprint density at radius 2 is 2.04 bits per heavy atom. The topological polar surface area (TPSA) is 75.9 Å². The molecule has 1 aromatic carbocycles. The third-order valence-electron chi connectivity index (χ3n) is 4.75. The lowest BCUT2D eigenvalue weighted by molar-refractivity contribution is 0.165. The maximum atomic E-state index is 14.0. The molecule has 1 aliphatic carbocycles. The number of benzene rings is 1. The van der Waals surface area contributed by atoms with E-state index in [4.69, 9.17) is 0 Å². The van der Waals surface area contributed by atoms with Crippen LogP contribution >= 0.6 is 0 Å². The minimum Gasteiger partial charge on any atom is -0.391 e. The molecule has 2 N–H and O–H groups in total. The summed E-state index contributed by atoms with van der Waals surface area (Å²) < 4.78 is 15.9. The zero-order valence-corrected chi connectivity index (χ0v) is 14.2. The second kappa shape index (κ2) is 7.21. The Morgan fingerprint density at radius 3 is 2.85 bits per heavy atom. The standard InChI is InChI=1S/C19H20FN5O/c20-15-5-2-1-4-14(15)16-6-8-21-19(23-16)24-17-10-13(11-18(17)26)12-25-9-3-7-22-25/h1-9,13,17-18,26H,10-12H2,(H,21,23,24)/t13?,17-,18-/m1/s1. The molecule has 1 aliphatic rings. The zero-order chi connectivity index (χ0) is 17.9. The molecule has 3 atom stereocenters. The number of hydrogen-bond acceptors (Lipinski definition) is 5. The van der Waals surface area contributed by atoms with Crippen LogP contribution in [0.1, 0.15) is 12.8 Å². The molecule has 2 aromatic heterocycles. The fourth-order valence-electron chi connectivity index (χ4n) is 3.51. The minimum atomic E-state index is -0.476. The zero-order valence-electron chi connectivity index (χ0n) is 14.2. The lowest BCUT2D eigenvalue weighted by Crippen LogP contribution is -2.28. The third kappa shape index (κ3) is 3.57. The monoisotopic (exact) mass is 353 g/mol. The van der Waals surface area contributed by atoms with Crippen molar-refractivity contribution in [1.82, 2.24) is 19.7 Å². The number of nitrogens with one attached hydrogen (secondary N) is 1. The Morgan fingerprint density at radius 1 is 1.15 bits per heavy atom. The molecule has 1 fully saturated rings. The third-order valence-corrected chi connectivity index (χ3v) is 4.75. The summed E-state index contributed by atoms with van der Waals surface area (Å²) in [5.74, 6) is 0.407. The Bertz CT molecular complexity index is 870. The van der Waals surface area contributed by atoms with Crippen LogP contribution in [0.25, 0.3) is 11.3 Å². The van der Waals surface area contributed by atoms with Gasteiger partial charge in [-0.1, -0.05) is 12.1 Å². The van der Waals surface area contributed by atoms with Crippen LogP contribution in [0.5, 0.6) is 0 Å². The molecule has 3 aromatic rings. The van der Waals surface area contributed by atoms with E-state index in [1.54, 1.807) is 36.7 Å². The highest BCUT2D eigenvalue weighted by Gasteiger charge is 2.33. The van der Waals surface area contributed by atoms with Gasteiger partial charge in [-0.25, -0.2) is 14.4 Å². The van der Waals surface area contributed by atoms with E-state index in [-0.39, 0.29) is 11.9 Å². The van der Waals surface area contributed by atoms with E-state index in [2.05, 4.69) is 20.4 Å². The van der Waals surface area contributed by atoms with Gasteiger partial charge in [-0.3, -0.25) is 4.68 Å². The van der Waals surface area contributed by atoms with Crippen molar-refractivity contribution in [2.24, 2.45) is 5.92 Å². The van der Waals surface area contributed by atoms with E-state index in [0.29, 0.717) is 29.5 Å². The van der Waals surface area contributed by atoms with Crippen molar-refractivity contribution in [3.05, 3.63) is 60.8 Å². The van der Waals surface area contributed by atoms with Crippen LogP contribution in [0.3, 0.4) is 0 Å². The summed E-state index contributed by atoms with van der Waals surface area (Å²) in [6.45, 7) is 0.776. The predicted octanol–water partition coefficient (Wildman–Crippen LogP) is 2.73. The van der Waals surface area contributed by atoms with Gasteiger partial charge in [-0.05, 0) is 43.0 Å². The van der Waals surface area contributed by atoms with Crippen LogP contribution in [-0.2, 0) is 6.54 Å². The molecule has 0 spiro atoms. The van der Waals surface area contributed by atoms with E-state index < -0.39 is 6.10 Å². The minimum absolute atomic E-state index is 0.133. The molecule has 0 bridgehead atoms. The van der Waals surface area contributed by atoms with Crippen molar-refractivity contribution >= 4 is 5.95 Å². The molecule has 134 valence electrons. The molecular formula is C19H20FN5O. The first-order valence-corrected chi connectivity index (χ1v) is 8.69. The number of nitrogens with zero attached hydrogens (tertiary/aromatic N) is 4. The maximum absolute atomic E-state index is 14.0. The fraction of sp³-hybridized carbons (Fsp3) is 0.316. The van der Waals surface area contributed by atoms with E-state index in [9.17, 15) is 9.50 Å². The lowest BCUT2D eigenvalue weighted by atomic mass is 10.1. The van der Waals surface area contributed by atoms with Gasteiger partial charge < -0.3 is 10.4 Å². The van der Waals surface area contributed by atoms with Crippen molar-refractivity contribution in [2.75, 3.05) is 5.32 Å². The molecule has 4 rings (SSSR count). The van der Waals surface area contributed by atoms with Crippen LogP contribution in [0, 0.1) is 11.7 Å². The molecule has 1 unspecified atom stereocenters. The molecule has 7 heteroatoms. The average Bonchev–Trinajstić information content (AvgIpc) is 3.26. The SMILES string of the molecule is O[C@@H]1CC(Cn2cccn2)C[C@H]1Nc1nccc(-c2ccccc2F)n1. The quantitative estimate of drug-likeness (QED) is 0.738. The predicted molar refractivity (Wildman–Crippen MR) is 95.8 cm³/mol. The number of hydrogen-bond donors (Lipinski definition) is 2. The first-order valence-electron chi connectivity index (χ1n) is 8.69. The molecule has 26 heavy (non-hydrogen) atoms. The Kier molecular flexibility index (Phi) is 4.62. The van der Waals surface area contributed by atoms with Crippen LogP contribution in [0.2, 0.25) is 0 Å². The van der Waals surface area contributed by atoms with Gasteiger partial charge in [0.25, 0.3) is 0 Å². The van der Waals surface area contributed by atoms with Gasteiger partial charge in [0.05, 0.1) is 17.8 Å². The van der Waals surface area contributed by atoms with Crippen molar-refractivity contribution in [3.8, 4) is 11.3 Å². The summed E-state index contributed by atoms with van der Waals surface area (Å²) in [6, 6.07) is 9.95. The summed E-state index contributed by atoms with van der Waals surface area (Å²) in [6.07, 6.45) is 6.30. The van der Waals surface area contributed by atoms with Crippen molar-refractivity contribution in [3.63, 3.8) is 0 Å². The smallest absolute Gasteiger partial charge is 0.223 e. The number of rotatable bonds is 5. The van der Waals surface area contributed by atoms with Gasteiger partial charge >= 0.3 is 0 Å². The van der Waals surface area contributed by atoms with Gasteiger partial charge in [0, 0.05) is 30.7 Å². The summed E-state index contributed by atoms with van der Waals surface area (Å²) in [4.78, 5) is 8.63. The summed E-state index contributed by atoms with van der Waals surface area (Å²) in [7, 11) is 0. The molecule has 0 radical (unpaired) electrons. The van der Waals surface area contributed by atoms with Gasteiger partial charge in [-0.2, -0.15) is 5.10 Å². The number of anilines is 1. The van der Waals surface area contributed by atoms with Gasteiger partial charge in [0.1, 0.15) is 5.82 Å². The summed E-state index contributed by atoms with van der Waals surface area (Å²) in [5.41, 5.74) is 0.947. The summed E-state index contributed by atoms with van der Waals surface area (Å²) in [5, 5.41) is 17.8. The Hall–Kier alpha value is -2.80. The molecule has 2 heterocycles. The van der Waals surface area contributed by atoms with Crippen LogP contribution in [-0.4, -0.2) is 37.0 Å². The largest absolute Gasteiger partial charge is 0.391 e. The van der Waals surface area contributed by atoms with Gasteiger partial charge in [0.2, 0.25) is 5.95 Å². The summed E-state index contributed by atoms with van der Waals surface area (Å²) >= 11 is 0. The number of aliphatic hydroxyl groups is 1. The number of halogens is 1. The molecular weight excluding hydrogens is 333 g/mol. The van der Waals surface area contributed by atoms with E-state index in [1.807, 2.05) is 16.9 Å². The highest BCUT2D eigenvalue weighted by molar-refractivity contribution is 5.60. The van der Waals surface area contributed by atoms with Crippen LogP contribution in [0.4, 0.5) is 10.3 Å². The second-order valence-corrected chi connectivity index (χ2v) is 6.63. The van der Waals surface area contributed by atoms with Gasteiger partial charge in [-0.15, -0.1) is 0 Å². The fourth-order valence-corrected chi connectivity index (χ4v) is 3.51. The number of aliphatic hydroxyl groups excluding tert-OH is 1. The van der Waals surface area contributed by atoms with Crippen LogP contribution < -0.4 is 5.32 Å². The normalized spacial score (nSPS) is 22.5. The molecule has 1 saturated carbocycles. The average molecular weight is 353 g/mol. The van der Waals surface area contributed by atoms with Gasteiger partial charge in [0.15, 0.2) is 0 Å². The highest BCUT2D eigenvalue weighted by Crippen LogP contribution is 2.29.